The van der Waals surface area contributed by atoms with Gasteiger partial charge in [-0.1, -0.05) is 6.42 Å². The summed E-state index contributed by atoms with van der Waals surface area (Å²) in [6.07, 6.45) is -1.32. The minimum atomic E-state index is -4.24. The number of rotatable bonds is 4. The summed E-state index contributed by atoms with van der Waals surface area (Å²) in [5.74, 6) is -1.46. The van der Waals surface area contributed by atoms with Crippen LogP contribution in [0.3, 0.4) is 0 Å². The molecule has 2 rings (SSSR count). The van der Waals surface area contributed by atoms with Crippen molar-refractivity contribution in [1.29, 1.82) is 0 Å². The van der Waals surface area contributed by atoms with Gasteiger partial charge < -0.3 is 10.1 Å². The van der Waals surface area contributed by atoms with E-state index in [2.05, 4.69) is 5.32 Å². The summed E-state index contributed by atoms with van der Waals surface area (Å²) in [5.41, 5.74) is -1.14. The summed E-state index contributed by atoms with van der Waals surface area (Å²) in [5, 5.41) is 3.08. The van der Waals surface area contributed by atoms with E-state index in [1.165, 1.54) is 7.11 Å². The maximum Gasteiger partial charge on any atom is 0.391 e. The van der Waals surface area contributed by atoms with Crippen molar-refractivity contribution in [2.24, 2.45) is 11.8 Å². The first-order valence-corrected chi connectivity index (χ1v) is 6.77. The van der Waals surface area contributed by atoms with E-state index in [0.717, 1.165) is 12.8 Å². The van der Waals surface area contributed by atoms with Gasteiger partial charge in [0, 0.05) is 0 Å². The lowest BCUT2D eigenvalue weighted by Crippen LogP contribution is -2.57. The average molecular weight is 279 g/mol. The molecule has 110 valence electrons. The van der Waals surface area contributed by atoms with Crippen molar-refractivity contribution in [3.8, 4) is 0 Å². The second-order valence-electron chi connectivity index (χ2n) is 5.73. The third kappa shape index (κ3) is 3.41. The van der Waals surface area contributed by atoms with Crippen LogP contribution in [0.4, 0.5) is 13.2 Å². The molecule has 2 fully saturated rings. The smallest absolute Gasteiger partial charge is 0.391 e. The fraction of sp³-hybridized carbons (Fsp3) is 0.923. The van der Waals surface area contributed by atoms with Crippen LogP contribution in [0.5, 0.6) is 0 Å². The summed E-state index contributed by atoms with van der Waals surface area (Å²) in [4.78, 5) is 11.9. The largest absolute Gasteiger partial charge is 0.468 e. The third-order valence-electron chi connectivity index (χ3n) is 4.22. The van der Waals surface area contributed by atoms with E-state index in [9.17, 15) is 18.0 Å². The molecule has 3 nitrogen and oxygen atoms in total. The molecule has 1 N–H and O–H groups in total. The van der Waals surface area contributed by atoms with E-state index >= 15 is 0 Å². The van der Waals surface area contributed by atoms with Crippen molar-refractivity contribution in [3.63, 3.8) is 0 Å². The Balaban J connectivity index is 2.08. The Labute approximate surface area is 110 Å². The predicted octanol–water partition coefficient (Wildman–Crippen LogP) is 2.65. The number of carbonyl (C=O) groups excluding carboxylic acids is 1. The first kappa shape index (κ1) is 14.6. The van der Waals surface area contributed by atoms with Crippen LogP contribution in [-0.4, -0.2) is 31.3 Å². The van der Waals surface area contributed by atoms with Crippen molar-refractivity contribution < 1.29 is 22.7 Å². The van der Waals surface area contributed by atoms with Gasteiger partial charge >= 0.3 is 12.1 Å². The zero-order valence-corrected chi connectivity index (χ0v) is 11.1. The van der Waals surface area contributed by atoms with Crippen LogP contribution in [0.2, 0.25) is 0 Å². The molecule has 0 aromatic heterocycles. The fourth-order valence-corrected chi connectivity index (χ4v) is 2.83. The van der Waals surface area contributed by atoms with E-state index in [0.29, 0.717) is 25.3 Å². The number of carbonyl (C=O) groups is 1. The minimum absolute atomic E-state index is 0.105. The molecule has 6 heteroatoms. The second kappa shape index (κ2) is 5.31. The number of alkyl halides is 3. The van der Waals surface area contributed by atoms with Crippen LogP contribution in [0, 0.1) is 11.8 Å². The van der Waals surface area contributed by atoms with E-state index in [1.54, 1.807) is 0 Å². The molecule has 0 saturated heterocycles. The molecule has 0 amide bonds. The van der Waals surface area contributed by atoms with Gasteiger partial charge in [0.1, 0.15) is 5.54 Å². The number of hydrogen-bond donors (Lipinski definition) is 1. The molecule has 0 aliphatic heterocycles. The zero-order valence-electron chi connectivity index (χ0n) is 11.1. The van der Waals surface area contributed by atoms with Crippen molar-refractivity contribution in [3.05, 3.63) is 0 Å². The zero-order chi connectivity index (χ0) is 14.1. The van der Waals surface area contributed by atoms with Crippen LogP contribution >= 0.6 is 0 Å². The van der Waals surface area contributed by atoms with Gasteiger partial charge in [-0.15, -0.1) is 0 Å². The topological polar surface area (TPSA) is 38.3 Å². The van der Waals surface area contributed by atoms with E-state index in [-0.39, 0.29) is 12.8 Å². The summed E-state index contributed by atoms with van der Waals surface area (Å²) >= 11 is 0. The maximum atomic E-state index is 12.9. The number of esters is 1. The first-order chi connectivity index (χ1) is 8.87. The molecule has 2 aliphatic rings. The highest BCUT2D eigenvalue weighted by Crippen LogP contribution is 2.42. The Morgan fingerprint density at radius 2 is 2.05 bits per heavy atom. The summed E-state index contributed by atoms with van der Waals surface area (Å²) < 4.78 is 43.4. The van der Waals surface area contributed by atoms with E-state index in [4.69, 9.17) is 4.74 Å². The van der Waals surface area contributed by atoms with Crippen LogP contribution in [-0.2, 0) is 9.53 Å². The molecular weight excluding hydrogens is 259 g/mol. The first-order valence-electron chi connectivity index (χ1n) is 6.77. The van der Waals surface area contributed by atoms with Crippen LogP contribution in [0.25, 0.3) is 0 Å². The van der Waals surface area contributed by atoms with Crippen LogP contribution < -0.4 is 5.32 Å². The average Bonchev–Trinajstić information content (AvgIpc) is 3.18. The minimum Gasteiger partial charge on any atom is -0.468 e. The third-order valence-corrected chi connectivity index (χ3v) is 4.22. The Morgan fingerprint density at radius 1 is 1.37 bits per heavy atom. The standard InChI is InChI=1S/C13H20F3NO2/c1-19-11(18)12(17-8-9-4-5-9)6-2-3-10(7-12)13(14,15)16/h9-10,17H,2-8H2,1H3. The Hall–Kier alpha value is -0.780. The van der Waals surface area contributed by atoms with E-state index in [1.807, 2.05) is 0 Å². The fourth-order valence-electron chi connectivity index (χ4n) is 2.83. The molecule has 0 aromatic rings. The highest BCUT2D eigenvalue weighted by Gasteiger charge is 2.51. The van der Waals surface area contributed by atoms with E-state index < -0.39 is 23.6 Å². The Bertz CT molecular complexity index is 341. The highest BCUT2D eigenvalue weighted by molar-refractivity contribution is 5.81. The Kier molecular flexibility index (Phi) is 4.08. The lowest BCUT2D eigenvalue weighted by molar-refractivity contribution is -0.192. The number of nitrogens with one attached hydrogen (secondary N) is 1. The Morgan fingerprint density at radius 3 is 2.58 bits per heavy atom. The van der Waals surface area contributed by atoms with Crippen molar-refractivity contribution in [1.82, 2.24) is 5.32 Å². The molecule has 2 aliphatic carbocycles. The summed E-state index contributed by atoms with van der Waals surface area (Å²) in [7, 11) is 1.24. The number of halogens is 3. The molecule has 0 bridgehead atoms. The van der Waals surface area contributed by atoms with Gasteiger partial charge in [0.05, 0.1) is 13.0 Å². The summed E-state index contributed by atoms with van der Waals surface area (Å²) in [6.45, 7) is 0.611. The monoisotopic (exact) mass is 279 g/mol. The van der Waals surface area contributed by atoms with Crippen molar-refractivity contribution in [2.75, 3.05) is 13.7 Å². The van der Waals surface area contributed by atoms with Crippen LogP contribution in [0.1, 0.15) is 38.5 Å². The highest BCUT2D eigenvalue weighted by atomic mass is 19.4. The molecule has 0 aromatic carbocycles. The van der Waals surface area contributed by atoms with Crippen molar-refractivity contribution >= 4 is 5.97 Å². The quantitative estimate of drug-likeness (QED) is 0.804. The van der Waals surface area contributed by atoms with Gasteiger partial charge in [0.15, 0.2) is 0 Å². The molecule has 0 heterocycles. The molecule has 2 atom stereocenters. The van der Waals surface area contributed by atoms with Gasteiger partial charge in [-0.2, -0.15) is 13.2 Å². The van der Waals surface area contributed by atoms with Gasteiger partial charge in [0.2, 0.25) is 0 Å². The molecule has 2 unspecified atom stereocenters. The van der Waals surface area contributed by atoms with Gasteiger partial charge in [-0.3, -0.25) is 4.79 Å². The normalized spacial score (nSPS) is 32.1. The van der Waals surface area contributed by atoms with Gasteiger partial charge in [-0.05, 0) is 44.6 Å². The number of methoxy groups -OCH3 is 1. The lowest BCUT2D eigenvalue weighted by atomic mass is 9.75. The van der Waals surface area contributed by atoms with Crippen LogP contribution in [0.15, 0.2) is 0 Å². The number of ether oxygens (including phenoxy) is 1. The second-order valence-corrected chi connectivity index (χ2v) is 5.73. The summed E-state index contributed by atoms with van der Waals surface area (Å²) in [6, 6.07) is 0. The number of hydrogen-bond acceptors (Lipinski definition) is 3. The maximum absolute atomic E-state index is 12.9. The van der Waals surface area contributed by atoms with Gasteiger partial charge in [0.25, 0.3) is 0 Å². The van der Waals surface area contributed by atoms with Gasteiger partial charge in [-0.25, -0.2) is 0 Å². The molecule has 2 saturated carbocycles. The molecule has 0 radical (unpaired) electrons. The van der Waals surface area contributed by atoms with Crippen molar-refractivity contribution in [2.45, 2.75) is 50.2 Å². The molecule has 19 heavy (non-hydrogen) atoms. The molecular formula is C13H20F3NO2. The predicted molar refractivity (Wildman–Crippen MR) is 63.5 cm³/mol. The molecule has 0 spiro atoms. The lowest BCUT2D eigenvalue weighted by Gasteiger charge is -2.40. The SMILES string of the molecule is COC(=O)C1(NCC2CC2)CCCC(C(F)(F)F)C1.